The van der Waals surface area contributed by atoms with E-state index < -0.39 is 0 Å². The van der Waals surface area contributed by atoms with Crippen LogP contribution in [0.4, 0.5) is 0 Å². The summed E-state index contributed by atoms with van der Waals surface area (Å²) in [7, 11) is 0. The molecule has 0 saturated heterocycles. The summed E-state index contributed by atoms with van der Waals surface area (Å²) >= 11 is 0. The average molecular weight is 192 g/mol. The highest BCUT2D eigenvalue weighted by Gasteiger charge is 2.33. The summed E-state index contributed by atoms with van der Waals surface area (Å²) in [4.78, 5) is 4.52. The first-order valence-electron chi connectivity index (χ1n) is 5.34. The second-order valence-electron chi connectivity index (χ2n) is 6.24. The topological polar surface area (TPSA) is 17.8 Å². The van der Waals surface area contributed by atoms with Crippen LogP contribution >= 0.6 is 0 Å². The van der Waals surface area contributed by atoms with Crippen LogP contribution in [0.15, 0.2) is 6.20 Å². The zero-order valence-corrected chi connectivity index (χ0v) is 9.89. The summed E-state index contributed by atoms with van der Waals surface area (Å²) in [6.45, 7) is 12.5. The van der Waals surface area contributed by atoms with E-state index in [4.69, 9.17) is 0 Å². The smallest absolute Gasteiger partial charge is 0.109 e. The highest BCUT2D eigenvalue weighted by atomic mass is 15.1. The van der Waals surface area contributed by atoms with Crippen LogP contribution in [0.1, 0.15) is 46.1 Å². The molecule has 0 spiro atoms. The van der Waals surface area contributed by atoms with E-state index in [0.29, 0.717) is 5.41 Å². The van der Waals surface area contributed by atoms with Crippen molar-refractivity contribution >= 4 is 0 Å². The molecule has 0 bridgehead atoms. The summed E-state index contributed by atoms with van der Waals surface area (Å²) in [5.74, 6) is 1.26. The van der Waals surface area contributed by atoms with E-state index in [1.807, 2.05) is 6.20 Å². The number of aromatic nitrogens is 2. The number of rotatable bonds is 0. The maximum atomic E-state index is 4.52. The van der Waals surface area contributed by atoms with Crippen molar-refractivity contribution in [3.8, 4) is 0 Å². The van der Waals surface area contributed by atoms with Gasteiger partial charge in [0, 0.05) is 30.3 Å². The van der Waals surface area contributed by atoms with Crippen LogP contribution < -0.4 is 0 Å². The number of fused-ring (bicyclic) bond motifs is 1. The normalized spacial score (nSPS) is 19.8. The van der Waals surface area contributed by atoms with Gasteiger partial charge in [-0.2, -0.15) is 0 Å². The number of hydrogen-bond donors (Lipinski definition) is 0. The molecule has 1 aromatic rings. The Labute approximate surface area is 86.3 Å². The van der Waals surface area contributed by atoms with E-state index in [-0.39, 0.29) is 5.41 Å². The predicted octanol–water partition coefficient (Wildman–Crippen LogP) is 2.76. The van der Waals surface area contributed by atoms with Gasteiger partial charge >= 0.3 is 0 Å². The van der Waals surface area contributed by atoms with Crippen molar-refractivity contribution < 1.29 is 0 Å². The van der Waals surface area contributed by atoms with Gasteiger partial charge in [0.2, 0.25) is 0 Å². The Kier molecular flexibility index (Phi) is 1.82. The number of nitrogens with zero attached hydrogens (tertiary/aromatic N) is 2. The molecule has 0 amide bonds. The molecular weight excluding hydrogens is 172 g/mol. The van der Waals surface area contributed by atoms with Crippen molar-refractivity contribution in [3.63, 3.8) is 0 Å². The maximum absolute atomic E-state index is 4.52. The van der Waals surface area contributed by atoms with Gasteiger partial charge in [-0.15, -0.1) is 0 Å². The van der Waals surface area contributed by atoms with Gasteiger partial charge in [0.25, 0.3) is 0 Å². The minimum Gasteiger partial charge on any atom is -0.331 e. The Balaban J connectivity index is 2.42. The molecule has 0 fully saturated rings. The Bertz CT molecular complexity index is 353. The SMILES string of the molecule is CC1(C)Cc2ncc(C(C)(C)C)n2C1. The first-order valence-corrected chi connectivity index (χ1v) is 5.34. The minimum absolute atomic E-state index is 0.214. The van der Waals surface area contributed by atoms with Crippen LogP contribution in [0.5, 0.6) is 0 Å². The molecule has 0 unspecified atom stereocenters. The van der Waals surface area contributed by atoms with E-state index in [1.165, 1.54) is 11.5 Å². The Morgan fingerprint density at radius 2 is 2.00 bits per heavy atom. The van der Waals surface area contributed by atoms with Gasteiger partial charge in [0.1, 0.15) is 5.82 Å². The molecule has 0 saturated carbocycles. The lowest BCUT2D eigenvalue weighted by Gasteiger charge is -2.22. The van der Waals surface area contributed by atoms with Gasteiger partial charge in [-0.25, -0.2) is 4.98 Å². The van der Waals surface area contributed by atoms with Gasteiger partial charge in [-0.3, -0.25) is 0 Å². The molecule has 0 radical (unpaired) electrons. The lowest BCUT2D eigenvalue weighted by atomic mass is 9.90. The van der Waals surface area contributed by atoms with Crippen LogP contribution in [0.2, 0.25) is 0 Å². The van der Waals surface area contributed by atoms with Crippen LogP contribution in [-0.4, -0.2) is 9.55 Å². The Morgan fingerprint density at radius 1 is 1.36 bits per heavy atom. The minimum atomic E-state index is 0.214. The molecule has 14 heavy (non-hydrogen) atoms. The van der Waals surface area contributed by atoms with Gasteiger partial charge in [0.05, 0.1) is 0 Å². The Morgan fingerprint density at radius 3 is 2.57 bits per heavy atom. The van der Waals surface area contributed by atoms with E-state index >= 15 is 0 Å². The summed E-state index contributed by atoms with van der Waals surface area (Å²) < 4.78 is 2.40. The van der Waals surface area contributed by atoms with Gasteiger partial charge in [0.15, 0.2) is 0 Å². The van der Waals surface area contributed by atoms with Crippen molar-refractivity contribution in [3.05, 3.63) is 17.7 Å². The van der Waals surface area contributed by atoms with Crippen molar-refractivity contribution in [2.45, 2.75) is 53.0 Å². The third-order valence-corrected chi connectivity index (χ3v) is 2.93. The fourth-order valence-electron chi connectivity index (χ4n) is 2.24. The Hall–Kier alpha value is -0.790. The third kappa shape index (κ3) is 1.47. The molecule has 0 aromatic carbocycles. The number of hydrogen-bond acceptors (Lipinski definition) is 1. The van der Waals surface area contributed by atoms with Gasteiger partial charge < -0.3 is 4.57 Å². The fraction of sp³-hybridized carbons (Fsp3) is 0.750. The molecule has 0 aliphatic carbocycles. The van der Waals surface area contributed by atoms with Crippen molar-refractivity contribution in [2.24, 2.45) is 5.41 Å². The molecule has 2 rings (SSSR count). The lowest BCUT2D eigenvalue weighted by molar-refractivity contribution is 0.348. The molecule has 0 N–H and O–H groups in total. The van der Waals surface area contributed by atoms with Crippen molar-refractivity contribution in [1.82, 2.24) is 9.55 Å². The fourth-order valence-corrected chi connectivity index (χ4v) is 2.24. The van der Waals surface area contributed by atoms with Gasteiger partial charge in [-0.1, -0.05) is 34.6 Å². The predicted molar refractivity (Wildman–Crippen MR) is 58.4 cm³/mol. The standard InChI is InChI=1S/C12H20N2/c1-11(2,3)9-7-13-10-6-12(4,5)8-14(9)10/h7H,6,8H2,1-5H3. The molecule has 2 heteroatoms. The first-order chi connectivity index (χ1) is 6.30. The van der Waals surface area contributed by atoms with Crippen molar-refractivity contribution in [1.29, 1.82) is 0 Å². The van der Waals surface area contributed by atoms with Crippen LogP contribution in [0, 0.1) is 5.41 Å². The molecule has 1 aliphatic rings. The van der Waals surface area contributed by atoms with E-state index in [0.717, 1.165) is 13.0 Å². The second-order valence-corrected chi connectivity index (χ2v) is 6.24. The molecule has 1 aliphatic heterocycles. The molecule has 2 nitrogen and oxygen atoms in total. The number of imidazole rings is 1. The largest absolute Gasteiger partial charge is 0.331 e. The monoisotopic (exact) mass is 192 g/mol. The van der Waals surface area contributed by atoms with E-state index in [9.17, 15) is 0 Å². The first kappa shape index (κ1) is 9.75. The zero-order valence-electron chi connectivity index (χ0n) is 9.89. The molecule has 78 valence electrons. The van der Waals surface area contributed by atoms with E-state index in [2.05, 4.69) is 44.2 Å². The molecular formula is C12H20N2. The summed E-state index contributed by atoms with van der Waals surface area (Å²) in [6, 6.07) is 0. The highest BCUT2D eigenvalue weighted by molar-refractivity contribution is 5.18. The zero-order chi connectivity index (χ0) is 10.6. The van der Waals surface area contributed by atoms with Crippen LogP contribution in [0.3, 0.4) is 0 Å². The van der Waals surface area contributed by atoms with E-state index in [1.54, 1.807) is 0 Å². The molecule has 2 heterocycles. The van der Waals surface area contributed by atoms with Gasteiger partial charge in [-0.05, 0) is 5.41 Å². The lowest BCUT2D eigenvalue weighted by Crippen LogP contribution is -2.20. The highest BCUT2D eigenvalue weighted by Crippen LogP contribution is 2.35. The molecule has 0 atom stereocenters. The summed E-state index contributed by atoms with van der Waals surface area (Å²) in [5, 5.41) is 0. The second kappa shape index (κ2) is 2.62. The summed E-state index contributed by atoms with van der Waals surface area (Å²) in [6.07, 6.45) is 3.16. The molecule has 1 aromatic heterocycles. The maximum Gasteiger partial charge on any atom is 0.109 e. The average Bonchev–Trinajstić information content (AvgIpc) is 2.38. The third-order valence-electron chi connectivity index (χ3n) is 2.93. The van der Waals surface area contributed by atoms with Crippen LogP contribution in [0.25, 0.3) is 0 Å². The van der Waals surface area contributed by atoms with Crippen LogP contribution in [-0.2, 0) is 18.4 Å². The quantitative estimate of drug-likeness (QED) is 0.618. The summed E-state index contributed by atoms with van der Waals surface area (Å²) in [5.41, 5.74) is 1.98. The van der Waals surface area contributed by atoms with Crippen molar-refractivity contribution in [2.75, 3.05) is 0 Å².